The van der Waals surface area contributed by atoms with Gasteiger partial charge in [0.25, 0.3) is 0 Å². The van der Waals surface area contributed by atoms with Crippen LogP contribution < -0.4 is 25.6 Å². The minimum atomic E-state index is -2.91. The van der Waals surface area contributed by atoms with Gasteiger partial charge in [-0.25, -0.2) is 4.98 Å². The minimum absolute atomic E-state index is 0.905. The average molecular weight is 818 g/mol. The third-order valence-corrected chi connectivity index (χ3v) is 18.3. The number of para-hydroxylation sites is 4. The van der Waals surface area contributed by atoms with Gasteiger partial charge in [0, 0.05) is 33.4 Å². The van der Waals surface area contributed by atoms with Crippen LogP contribution in [0.5, 0.6) is 0 Å². The summed E-state index contributed by atoms with van der Waals surface area (Å²) in [5, 5.41) is 8.14. The van der Waals surface area contributed by atoms with Crippen LogP contribution in [0.3, 0.4) is 0 Å². The molecule has 0 bridgehead atoms. The molecule has 0 fully saturated rings. The molecule has 0 aliphatic carbocycles. The summed E-state index contributed by atoms with van der Waals surface area (Å²) in [5.74, 6) is 0.905. The molecule has 11 aromatic rings. The molecule has 3 nitrogen and oxygen atoms in total. The Morgan fingerprint density at radius 2 is 0.889 bits per heavy atom. The topological polar surface area (TPSA) is 21.1 Å². The number of rotatable bonds is 5. The molecule has 0 atom stereocenters. The number of pyridine rings is 1. The van der Waals surface area contributed by atoms with E-state index in [0.29, 0.717) is 0 Å². The van der Waals surface area contributed by atoms with Crippen molar-refractivity contribution in [2.24, 2.45) is 0 Å². The van der Waals surface area contributed by atoms with E-state index in [0.717, 1.165) is 28.2 Å². The van der Waals surface area contributed by atoms with E-state index in [1.165, 1.54) is 81.9 Å². The second kappa shape index (κ2) is 14.0. The van der Waals surface area contributed by atoms with Gasteiger partial charge in [0.2, 0.25) is 0 Å². The molecule has 0 N–H and O–H groups in total. The molecule has 0 amide bonds. The quantitative estimate of drug-likeness (QED) is 0.161. The van der Waals surface area contributed by atoms with E-state index in [1.54, 1.807) is 0 Å². The summed E-state index contributed by atoms with van der Waals surface area (Å²) in [7, 11) is -2.91. The molecular formula is C59H39N3Si. The maximum atomic E-state index is 5.52. The zero-order valence-corrected chi connectivity index (χ0v) is 35.4. The highest BCUT2D eigenvalue weighted by atomic mass is 28.3. The summed E-state index contributed by atoms with van der Waals surface area (Å²) in [4.78, 5) is 7.95. The summed E-state index contributed by atoms with van der Waals surface area (Å²) in [6.07, 6.45) is 0. The fourth-order valence-corrected chi connectivity index (χ4v) is 16.3. The van der Waals surface area contributed by atoms with Crippen LogP contribution in [0.25, 0.3) is 72.1 Å². The number of fused-ring (bicyclic) bond motifs is 12. The number of hydrogen-bond donors (Lipinski definition) is 0. The molecule has 4 heterocycles. The lowest BCUT2D eigenvalue weighted by molar-refractivity contribution is 1.18. The highest BCUT2D eigenvalue weighted by Crippen LogP contribution is 2.43. The third-order valence-electron chi connectivity index (χ3n) is 13.4. The lowest BCUT2D eigenvalue weighted by Gasteiger charge is -2.43. The fraction of sp³-hybridized carbons (Fsp3) is 0. The van der Waals surface area contributed by atoms with Gasteiger partial charge >= 0.3 is 0 Å². The van der Waals surface area contributed by atoms with Crippen LogP contribution in [0.2, 0.25) is 0 Å². The molecule has 2 aromatic heterocycles. The highest BCUT2D eigenvalue weighted by Gasteiger charge is 2.54. The normalized spacial score (nSPS) is 13.2. The maximum Gasteiger partial charge on any atom is 0.185 e. The molecule has 63 heavy (non-hydrogen) atoms. The van der Waals surface area contributed by atoms with Crippen LogP contribution in [0.15, 0.2) is 237 Å². The fourth-order valence-electron chi connectivity index (χ4n) is 10.7. The van der Waals surface area contributed by atoms with Crippen LogP contribution in [-0.4, -0.2) is 17.6 Å². The van der Waals surface area contributed by atoms with E-state index >= 15 is 0 Å². The van der Waals surface area contributed by atoms with Crippen molar-refractivity contribution in [2.45, 2.75) is 0 Å². The molecule has 9 aromatic carbocycles. The van der Waals surface area contributed by atoms with Crippen molar-refractivity contribution in [1.82, 2.24) is 9.55 Å². The Labute approximate surface area is 367 Å². The second-order valence-corrected chi connectivity index (χ2v) is 20.3. The zero-order chi connectivity index (χ0) is 41.5. The van der Waals surface area contributed by atoms with Crippen molar-refractivity contribution in [1.29, 1.82) is 0 Å². The van der Waals surface area contributed by atoms with Gasteiger partial charge in [0.1, 0.15) is 5.82 Å². The Balaban J connectivity index is 1.04. The van der Waals surface area contributed by atoms with Gasteiger partial charge in [0.15, 0.2) is 8.07 Å². The lowest BCUT2D eigenvalue weighted by atomic mass is 9.99. The van der Waals surface area contributed by atoms with Gasteiger partial charge in [0.05, 0.1) is 16.7 Å². The molecule has 0 saturated heterocycles. The van der Waals surface area contributed by atoms with Crippen molar-refractivity contribution >= 4 is 67.8 Å². The number of benzene rings is 9. The van der Waals surface area contributed by atoms with Gasteiger partial charge < -0.3 is 4.57 Å². The maximum absolute atomic E-state index is 5.52. The molecule has 4 heteroatoms. The standard InChI is InChI=1S/C59H39N3Si/c1-4-18-40(19-5-1)44-37-50(41-20-6-2-7-21-41)60-59(39-44)62-53-27-13-16-30-56(53)63(57-31-17-14-28-54(57)62)55-29-15-11-25-47(55)48-34-32-43(38-58(48)63)42-33-35-52-49(36-42)46-24-10-12-26-51(46)61(52)45-22-8-3-9-23-45/h1-39H. The van der Waals surface area contributed by atoms with E-state index in [-0.39, 0.29) is 0 Å². The number of nitrogens with zero attached hydrogens (tertiary/aromatic N) is 3. The van der Waals surface area contributed by atoms with Crippen LogP contribution in [0.1, 0.15) is 0 Å². The van der Waals surface area contributed by atoms with Crippen LogP contribution in [0.4, 0.5) is 17.2 Å². The summed E-state index contributed by atoms with van der Waals surface area (Å²) in [5.41, 5.74) is 15.4. The number of aromatic nitrogens is 2. The first kappa shape index (κ1) is 35.7. The molecule has 0 unspecified atom stereocenters. The van der Waals surface area contributed by atoms with E-state index < -0.39 is 8.07 Å². The Morgan fingerprint density at radius 3 is 1.63 bits per heavy atom. The average Bonchev–Trinajstić information content (AvgIpc) is 3.85. The van der Waals surface area contributed by atoms with Gasteiger partial charge in [-0.3, -0.25) is 4.90 Å². The molecule has 2 aliphatic heterocycles. The van der Waals surface area contributed by atoms with Gasteiger partial charge in [-0.05, 0) is 109 Å². The van der Waals surface area contributed by atoms with Gasteiger partial charge in [-0.15, -0.1) is 0 Å². The van der Waals surface area contributed by atoms with E-state index in [9.17, 15) is 0 Å². The third kappa shape index (κ3) is 5.29. The molecule has 13 rings (SSSR count). The lowest BCUT2D eigenvalue weighted by Crippen LogP contribution is -2.75. The number of anilines is 3. The number of hydrogen-bond acceptors (Lipinski definition) is 2. The summed E-state index contributed by atoms with van der Waals surface area (Å²) >= 11 is 0. The van der Waals surface area contributed by atoms with Crippen molar-refractivity contribution in [2.75, 3.05) is 4.90 Å². The first-order valence-corrected chi connectivity index (χ1v) is 23.7. The first-order chi connectivity index (χ1) is 31.3. The van der Waals surface area contributed by atoms with Crippen LogP contribution in [-0.2, 0) is 0 Å². The van der Waals surface area contributed by atoms with Crippen molar-refractivity contribution < 1.29 is 0 Å². The minimum Gasteiger partial charge on any atom is -0.309 e. The van der Waals surface area contributed by atoms with Crippen LogP contribution in [0, 0.1) is 0 Å². The van der Waals surface area contributed by atoms with E-state index in [1.807, 2.05) is 0 Å². The summed E-state index contributed by atoms with van der Waals surface area (Å²) in [6.45, 7) is 0. The molecular weight excluding hydrogens is 779 g/mol. The van der Waals surface area contributed by atoms with Crippen LogP contribution >= 0.6 is 0 Å². The van der Waals surface area contributed by atoms with Gasteiger partial charge in [-0.2, -0.15) is 0 Å². The molecule has 1 spiro atoms. The largest absolute Gasteiger partial charge is 0.309 e. The highest BCUT2D eigenvalue weighted by molar-refractivity contribution is 7.23. The first-order valence-electron chi connectivity index (χ1n) is 21.7. The SMILES string of the molecule is c1ccc(-c2cc(-c3ccccc3)nc(N3c4ccccc4[Si]4(c5ccccc5-c5ccc(-c6ccc7c(c6)c6ccccc6n7-c6ccccc6)cc54)c4ccccc43)c2)cc1. The Bertz CT molecular complexity index is 3470. The Morgan fingerprint density at radius 1 is 0.333 bits per heavy atom. The van der Waals surface area contributed by atoms with Crippen molar-refractivity contribution in [3.05, 3.63) is 237 Å². The Kier molecular flexibility index (Phi) is 7.93. The molecule has 294 valence electrons. The van der Waals surface area contributed by atoms with E-state index in [4.69, 9.17) is 4.98 Å². The van der Waals surface area contributed by atoms with E-state index in [2.05, 4.69) is 246 Å². The molecule has 0 saturated carbocycles. The second-order valence-electron chi connectivity index (χ2n) is 16.7. The van der Waals surface area contributed by atoms with Crippen molar-refractivity contribution in [3.8, 4) is 50.3 Å². The van der Waals surface area contributed by atoms with Crippen molar-refractivity contribution in [3.63, 3.8) is 0 Å². The predicted octanol–water partition coefficient (Wildman–Crippen LogP) is 12.3. The van der Waals surface area contributed by atoms with Gasteiger partial charge in [-0.1, -0.05) is 182 Å². The monoisotopic (exact) mass is 817 g/mol. The summed E-state index contributed by atoms with van der Waals surface area (Å²) < 4.78 is 2.39. The molecule has 2 aliphatic rings. The molecule has 0 radical (unpaired) electrons. The summed E-state index contributed by atoms with van der Waals surface area (Å²) in [6, 6.07) is 87.1. The predicted molar refractivity (Wildman–Crippen MR) is 266 cm³/mol. The Hall–Kier alpha value is -8.05. The smallest absolute Gasteiger partial charge is 0.185 e. The zero-order valence-electron chi connectivity index (χ0n) is 34.4.